The van der Waals surface area contributed by atoms with Crippen molar-refractivity contribution in [1.82, 2.24) is 4.98 Å². The van der Waals surface area contributed by atoms with Gasteiger partial charge in [0, 0.05) is 5.69 Å². The van der Waals surface area contributed by atoms with E-state index in [2.05, 4.69) is 30.4 Å². The highest BCUT2D eigenvalue weighted by Crippen LogP contribution is 2.21. The lowest BCUT2D eigenvalue weighted by atomic mass is 10.4. The van der Waals surface area contributed by atoms with Crippen molar-refractivity contribution in [1.29, 1.82) is 0 Å². The van der Waals surface area contributed by atoms with Crippen LogP contribution in [0.1, 0.15) is 5.69 Å². The Hall–Kier alpha value is -0.420. The van der Waals surface area contributed by atoms with Gasteiger partial charge >= 0.3 is 0 Å². The molecule has 0 N–H and O–H groups in total. The predicted molar refractivity (Wildman–Crippen MR) is 47.4 cm³/mol. The van der Waals surface area contributed by atoms with E-state index in [4.69, 9.17) is 0 Å². The average molecular weight is 153 g/mol. The SMILES string of the molecule is Cc1cccc(P(C)C)n1. The van der Waals surface area contributed by atoms with E-state index in [-0.39, 0.29) is 7.92 Å². The molecule has 0 unspecified atom stereocenters. The molecule has 2 heteroatoms. The fourth-order valence-electron chi connectivity index (χ4n) is 0.778. The summed E-state index contributed by atoms with van der Waals surface area (Å²) in [6, 6.07) is 6.20. The molecule has 1 rings (SSSR count). The number of rotatable bonds is 1. The lowest BCUT2D eigenvalue weighted by molar-refractivity contribution is 1.24. The third kappa shape index (κ3) is 1.78. The van der Waals surface area contributed by atoms with Gasteiger partial charge in [0.15, 0.2) is 0 Å². The standard InChI is InChI=1S/C8H12NP/c1-7-5-4-6-8(9-7)10(2)3/h4-6H,1-3H3. The van der Waals surface area contributed by atoms with Crippen molar-refractivity contribution in [3.05, 3.63) is 23.9 Å². The molecule has 10 heavy (non-hydrogen) atoms. The highest BCUT2D eigenvalue weighted by molar-refractivity contribution is 7.63. The number of aromatic nitrogens is 1. The molecular formula is C8H12NP. The second-order valence-corrected chi connectivity index (χ2v) is 4.78. The highest BCUT2D eigenvalue weighted by Gasteiger charge is 1.97. The van der Waals surface area contributed by atoms with E-state index in [1.165, 1.54) is 5.44 Å². The fourth-order valence-corrected chi connectivity index (χ4v) is 1.52. The Morgan fingerprint density at radius 3 is 2.40 bits per heavy atom. The van der Waals surface area contributed by atoms with Gasteiger partial charge < -0.3 is 0 Å². The van der Waals surface area contributed by atoms with Crippen LogP contribution < -0.4 is 5.44 Å². The van der Waals surface area contributed by atoms with Crippen molar-refractivity contribution < 1.29 is 0 Å². The van der Waals surface area contributed by atoms with Crippen LogP contribution in [0.5, 0.6) is 0 Å². The summed E-state index contributed by atoms with van der Waals surface area (Å²) < 4.78 is 0. The van der Waals surface area contributed by atoms with Gasteiger partial charge in [0.25, 0.3) is 0 Å². The average Bonchev–Trinajstić information content (AvgIpc) is 1.88. The first-order chi connectivity index (χ1) is 4.70. The molecule has 1 aromatic heterocycles. The molecule has 0 aliphatic heterocycles. The lowest BCUT2D eigenvalue weighted by Gasteiger charge is -2.03. The van der Waals surface area contributed by atoms with E-state index < -0.39 is 0 Å². The zero-order valence-corrected chi connectivity index (χ0v) is 7.52. The Bertz CT molecular complexity index is 220. The van der Waals surface area contributed by atoms with Gasteiger partial charge in [0.05, 0.1) is 5.44 Å². The molecule has 1 nitrogen and oxygen atoms in total. The van der Waals surface area contributed by atoms with Crippen LogP contribution in [0.4, 0.5) is 0 Å². The summed E-state index contributed by atoms with van der Waals surface area (Å²) in [7, 11) is -0.0229. The summed E-state index contributed by atoms with van der Waals surface area (Å²) in [5, 5.41) is 0. The Morgan fingerprint density at radius 2 is 2.00 bits per heavy atom. The summed E-state index contributed by atoms with van der Waals surface area (Å²) in [5.41, 5.74) is 2.36. The van der Waals surface area contributed by atoms with Crippen molar-refractivity contribution in [2.24, 2.45) is 0 Å². The Kier molecular flexibility index (Phi) is 2.39. The molecule has 0 atom stereocenters. The zero-order chi connectivity index (χ0) is 7.56. The molecule has 0 bridgehead atoms. The summed E-state index contributed by atoms with van der Waals surface area (Å²) in [6.45, 7) is 6.47. The number of nitrogens with zero attached hydrogens (tertiary/aromatic N) is 1. The fraction of sp³-hybridized carbons (Fsp3) is 0.375. The molecule has 1 aromatic rings. The minimum Gasteiger partial charge on any atom is -0.253 e. The maximum absolute atomic E-state index is 4.40. The maximum Gasteiger partial charge on any atom is 0.0628 e. The van der Waals surface area contributed by atoms with Gasteiger partial charge in [0.2, 0.25) is 0 Å². The van der Waals surface area contributed by atoms with Crippen molar-refractivity contribution in [3.8, 4) is 0 Å². The number of hydrogen-bond acceptors (Lipinski definition) is 1. The summed E-state index contributed by atoms with van der Waals surface area (Å²) >= 11 is 0. The Morgan fingerprint density at radius 1 is 1.30 bits per heavy atom. The number of pyridine rings is 1. The van der Waals surface area contributed by atoms with Crippen LogP contribution in [-0.4, -0.2) is 18.3 Å². The molecule has 0 fully saturated rings. The van der Waals surface area contributed by atoms with Gasteiger partial charge in [-0.1, -0.05) is 14.0 Å². The van der Waals surface area contributed by atoms with E-state index in [0.29, 0.717) is 0 Å². The molecule has 54 valence electrons. The van der Waals surface area contributed by atoms with Crippen molar-refractivity contribution in [3.63, 3.8) is 0 Å². The van der Waals surface area contributed by atoms with E-state index >= 15 is 0 Å². The molecular weight excluding hydrogens is 141 g/mol. The lowest BCUT2D eigenvalue weighted by Crippen LogP contribution is -2.04. The molecule has 0 aromatic carbocycles. The second-order valence-electron chi connectivity index (χ2n) is 2.53. The van der Waals surface area contributed by atoms with Gasteiger partial charge in [-0.25, -0.2) is 0 Å². The normalized spacial score (nSPS) is 10.4. The molecule has 0 aliphatic rings. The van der Waals surface area contributed by atoms with Crippen LogP contribution in [0.3, 0.4) is 0 Å². The summed E-state index contributed by atoms with van der Waals surface area (Å²) in [5.74, 6) is 0. The third-order valence-electron chi connectivity index (χ3n) is 1.33. The first kappa shape index (κ1) is 7.68. The quantitative estimate of drug-likeness (QED) is 0.560. The van der Waals surface area contributed by atoms with Crippen LogP contribution in [-0.2, 0) is 0 Å². The molecule has 0 amide bonds. The summed E-state index contributed by atoms with van der Waals surface area (Å²) in [4.78, 5) is 4.40. The van der Waals surface area contributed by atoms with Gasteiger partial charge in [-0.3, -0.25) is 4.98 Å². The molecule has 0 spiro atoms. The van der Waals surface area contributed by atoms with Crippen LogP contribution in [0.25, 0.3) is 0 Å². The second kappa shape index (κ2) is 3.12. The highest BCUT2D eigenvalue weighted by atomic mass is 31.1. The number of aryl methyl sites for hydroxylation is 1. The van der Waals surface area contributed by atoms with Gasteiger partial charge in [-0.05, 0) is 32.4 Å². The predicted octanol–water partition coefficient (Wildman–Crippen LogP) is 1.76. The molecule has 0 radical (unpaired) electrons. The van der Waals surface area contributed by atoms with Crippen LogP contribution in [0.15, 0.2) is 18.2 Å². The molecule has 0 saturated heterocycles. The number of hydrogen-bond donors (Lipinski definition) is 0. The van der Waals surface area contributed by atoms with Gasteiger partial charge in [-0.2, -0.15) is 0 Å². The summed E-state index contributed by atoms with van der Waals surface area (Å²) in [6.07, 6.45) is 0. The first-order valence-electron chi connectivity index (χ1n) is 3.31. The molecule has 0 aliphatic carbocycles. The third-order valence-corrected chi connectivity index (χ3v) is 2.50. The molecule has 1 heterocycles. The minimum absolute atomic E-state index is 0.0229. The van der Waals surface area contributed by atoms with Crippen molar-refractivity contribution in [2.45, 2.75) is 6.92 Å². The Labute approximate surface area is 63.2 Å². The van der Waals surface area contributed by atoms with Gasteiger partial charge in [0.1, 0.15) is 0 Å². The van der Waals surface area contributed by atoms with Crippen LogP contribution in [0.2, 0.25) is 0 Å². The topological polar surface area (TPSA) is 12.9 Å². The van der Waals surface area contributed by atoms with E-state index in [1.807, 2.05) is 13.0 Å². The molecule has 0 saturated carbocycles. The monoisotopic (exact) mass is 153 g/mol. The zero-order valence-electron chi connectivity index (χ0n) is 6.63. The van der Waals surface area contributed by atoms with E-state index in [1.54, 1.807) is 0 Å². The van der Waals surface area contributed by atoms with E-state index in [9.17, 15) is 0 Å². The smallest absolute Gasteiger partial charge is 0.0628 e. The maximum atomic E-state index is 4.40. The van der Waals surface area contributed by atoms with E-state index in [0.717, 1.165) is 5.69 Å². The minimum atomic E-state index is -0.0229. The Balaban J connectivity index is 2.96. The van der Waals surface area contributed by atoms with Crippen LogP contribution >= 0.6 is 7.92 Å². The van der Waals surface area contributed by atoms with Gasteiger partial charge in [-0.15, -0.1) is 0 Å². The first-order valence-corrected chi connectivity index (χ1v) is 5.55. The largest absolute Gasteiger partial charge is 0.253 e. The van der Waals surface area contributed by atoms with Crippen molar-refractivity contribution >= 4 is 13.4 Å². The van der Waals surface area contributed by atoms with Crippen LogP contribution in [0, 0.1) is 6.92 Å². The van der Waals surface area contributed by atoms with Crippen molar-refractivity contribution in [2.75, 3.05) is 13.3 Å².